The number of sulfonamides is 1. The number of hydrogen-bond acceptors (Lipinski definition) is 4. The van der Waals surface area contributed by atoms with Crippen LogP contribution in [0.25, 0.3) is 0 Å². The first-order chi connectivity index (χ1) is 8.89. The molecule has 0 radical (unpaired) electrons. The van der Waals surface area contributed by atoms with Crippen LogP contribution in [0.5, 0.6) is 0 Å². The topological polar surface area (TPSA) is 83.6 Å². The second kappa shape index (κ2) is 7.09. The van der Waals surface area contributed by atoms with Crippen LogP contribution in [0.4, 0.5) is 5.69 Å². The average Bonchev–Trinajstić information content (AvgIpc) is 2.33. The Balaban J connectivity index is 2.79. The SMILES string of the molecule is CN(CCCCCO)S(=O)(=O)c1ccc(N)cc1Cl. The summed E-state index contributed by atoms with van der Waals surface area (Å²) in [5, 5.41) is 8.80. The zero-order valence-electron chi connectivity index (χ0n) is 10.8. The van der Waals surface area contributed by atoms with E-state index in [1.807, 2.05) is 0 Å². The minimum Gasteiger partial charge on any atom is -0.399 e. The summed E-state index contributed by atoms with van der Waals surface area (Å²) in [5.41, 5.74) is 5.97. The van der Waals surface area contributed by atoms with Crippen molar-refractivity contribution in [2.24, 2.45) is 0 Å². The molecule has 5 nitrogen and oxygen atoms in total. The van der Waals surface area contributed by atoms with Crippen LogP contribution < -0.4 is 5.73 Å². The molecule has 108 valence electrons. The third kappa shape index (κ3) is 4.35. The number of nitrogen functional groups attached to an aromatic ring is 1. The Hall–Kier alpha value is -0.820. The van der Waals surface area contributed by atoms with Crippen molar-refractivity contribution in [3.63, 3.8) is 0 Å². The van der Waals surface area contributed by atoms with E-state index < -0.39 is 10.0 Å². The Labute approximate surface area is 119 Å². The van der Waals surface area contributed by atoms with Crippen LogP contribution in [0.1, 0.15) is 19.3 Å². The van der Waals surface area contributed by atoms with Gasteiger partial charge in [-0.25, -0.2) is 12.7 Å². The zero-order chi connectivity index (χ0) is 14.5. The molecule has 0 spiro atoms. The van der Waals surface area contributed by atoms with Crippen LogP contribution in [0, 0.1) is 0 Å². The zero-order valence-corrected chi connectivity index (χ0v) is 12.4. The Bertz CT molecular complexity index is 520. The van der Waals surface area contributed by atoms with Crippen molar-refractivity contribution in [3.05, 3.63) is 23.2 Å². The summed E-state index contributed by atoms with van der Waals surface area (Å²) in [6.45, 7) is 0.517. The second-order valence-electron chi connectivity index (χ2n) is 4.30. The van der Waals surface area contributed by atoms with Gasteiger partial charge >= 0.3 is 0 Å². The molecule has 1 aromatic carbocycles. The number of aliphatic hydroxyl groups is 1. The summed E-state index contributed by atoms with van der Waals surface area (Å²) in [4.78, 5) is 0.0630. The highest BCUT2D eigenvalue weighted by atomic mass is 35.5. The molecule has 0 amide bonds. The van der Waals surface area contributed by atoms with E-state index in [0.29, 0.717) is 25.1 Å². The first kappa shape index (κ1) is 16.2. The van der Waals surface area contributed by atoms with E-state index in [-0.39, 0.29) is 16.5 Å². The van der Waals surface area contributed by atoms with Crippen LogP contribution in [-0.2, 0) is 10.0 Å². The lowest BCUT2D eigenvalue weighted by atomic mass is 10.2. The highest BCUT2D eigenvalue weighted by Gasteiger charge is 2.23. The summed E-state index contributed by atoms with van der Waals surface area (Å²) in [5.74, 6) is 0. The first-order valence-electron chi connectivity index (χ1n) is 6.02. The van der Waals surface area contributed by atoms with Crippen LogP contribution >= 0.6 is 11.6 Å². The van der Waals surface area contributed by atoms with Crippen molar-refractivity contribution in [2.75, 3.05) is 25.9 Å². The summed E-state index contributed by atoms with van der Waals surface area (Å²) < 4.78 is 25.8. The van der Waals surface area contributed by atoms with Gasteiger partial charge in [0, 0.05) is 25.9 Å². The standard InChI is InChI=1S/C12H19ClN2O3S/c1-15(7-3-2-4-8-16)19(17,18)12-6-5-10(14)9-11(12)13/h5-6,9,16H,2-4,7-8,14H2,1H3. The van der Waals surface area contributed by atoms with Crippen molar-refractivity contribution >= 4 is 27.3 Å². The first-order valence-corrected chi connectivity index (χ1v) is 7.83. The molecular weight excluding hydrogens is 288 g/mol. The van der Waals surface area contributed by atoms with Crippen molar-refractivity contribution in [2.45, 2.75) is 24.2 Å². The van der Waals surface area contributed by atoms with E-state index in [4.69, 9.17) is 22.4 Å². The minimum atomic E-state index is -3.59. The fourth-order valence-corrected chi connectivity index (χ4v) is 3.37. The van der Waals surface area contributed by atoms with Crippen LogP contribution in [-0.4, -0.2) is 38.0 Å². The molecule has 3 N–H and O–H groups in total. The summed E-state index contributed by atoms with van der Waals surface area (Å²) >= 11 is 5.92. The lowest BCUT2D eigenvalue weighted by Gasteiger charge is -2.18. The molecule has 0 bridgehead atoms. The molecule has 0 aliphatic heterocycles. The second-order valence-corrected chi connectivity index (χ2v) is 6.72. The fourth-order valence-electron chi connectivity index (χ4n) is 1.64. The number of nitrogens with two attached hydrogens (primary N) is 1. The van der Waals surface area contributed by atoms with E-state index in [2.05, 4.69) is 0 Å². The lowest BCUT2D eigenvalue weighted by Crippen LogP contribution is -2.28. The molecule has 19 heavy (non-hydrogen) atoms. The molecule has 0 aromatic heterocycles. The van der Waals surface area contributed by atoms with E-state index in [9.17, 15) is 8.42 Å². The number of unbranched alkanes of at least 4 members (excludes halogenated alkanes) is 2. The number of halogens is 1. The fraction of sp³-hybridized carbons (Fsp3) is 0.500. The maximum atomic E-state index is 12.3. The highest BCUT2D eigenvalue weighted by Crippen LogP contribution is 2.26. The number of anilines is 1. The normalized spacial score (nSPS) is 12.0. The van der Waals surface area contributed by atoms with Crippen molar-refractivity contribution in [3.8, 4) is 0 Å². The van der Waals surface area contributed by atoms with Gasteiger partial charge in [-0.1, -0.05) is 11.6 Å². The van der Waals surface area contributed by atoms with Gasteiger partial charge in [-0.15, -0.1) is 0 Å². The maximum Gasteiger partial charge on any atom is 0.244 e. The van der Waals surface area contributed by atoms with Gasteiger partial charge < -0.3 is 10.8 Å². The molecule has 0 saturated carbocycles. The molecule has 0 unspecified atom stereocenters. The number of rotatable bonds is 7. The monoisotopic (exact) mass is 306 g/mol. The van der Waals surface area contributed by atoms with Gasteiger partial charge in [-0.05, 0) is 37.5 Å². The average molecular weight is 307 g/mol. The quantitative estimate of drug-likeness (QED) is 0.593. The van der Waals surface area contributed by atoms with Gasteiger partial charge in [0.25, 0.3) is 0 Å². The van der Waals surface area contributed by atoms with Crippen molar-refractivity contribution in [1.29, 1.82) is 0 Å². The Morgan fingerprint density at radius 1 is 1.32 bits per heavy atom. The van der Waals surface area contributed by atoms with E-state index >= 15 is 0 Å². The molecule has 1 aromatic rings. The number of benzene rings is 1. The van der Waals surface area contributed by atoms with Crippen molar-refractivity contribution < 1.29 is 13.5 Å². The van der Waals surface area contributed by atoms with E-state index in [0.717, 1.165) is 6.42 Å². The molecule has 0 fully saturated rings. The largest absolute Gasteiger partial charge is 0.399 e. The van der Waals surface area contributed by atoms with Gasteiger partial charge in [-0.3, -0.25) is 0 Å². The molecule has 0 saturated heterocycles. The molecule has 1 rings (SSSR count). The van der Waals surface area contributed by atoms with Gasteiger partial charge in [0.05, 0.1) is 5.02 Å². The smallest absolute Gasteiger partial charge is 0.244 e. The number of hydrogen-bond donors (Lipinski definition) is 2. The molecule has 0 atom stereocenters. The summed E-state index contributed by atoms with van der Waals surface area (Å²) in [6.07, 6.45) is 2.16. The Morgan fingerprint density at radius 2 is 2.00 bits per heavy atom. The number of nitrogens with zero attached hydrogens (tertiary/aromatic N) is 1. The third-order valence-electron chi connectivity index (χ3n) is 2.78. The maximum absolute atomic E-state index is 12.3. The van der Waals surface area contributed by atoms with E-state index in [1.54, 1.807) is 0 Å². The van der Waals surface area contributed by atoms with Gasteiger partial charge in [-0.2, -0.15) is 0 Å². The third-order valence-corrected chi connectivity index (χ3v) is 5.12. The minimum absolute atomic E-state index is 0.0630. The molecule has 0 aliphatic carbocycles. The van der Waals surface area contributed by atoms with Gasteiger partial charge in [0.15, 0.2) is 0 Å². The summed E-state index contributed by atoms with van der Waals surface area (Å²) in [6, 6.07) is 4.35. The molecule has 0 heterocycles. The van der Waals surface area contributed by atoms with Crippen molar-refractivity contribution in [1.82, 2.24) is 4.31 Å². The van der Waals surface area contributed by atoms with Crippen LogP contribution in [0.15, 0.2) is 23.1 Å². The molecule has 7 heteroatoms. The van der Waals surface area contributed by atoms with Gasteiger partial charge in [0.1, 0.15) is 4.90 Å². The summed E-state index contributed by atoms with van der Waals surface area (Å²) in [7, 11) is -2.08. The van der Waals surface area contributed by atoms with Crippen LogP contribution in [0.2, 0.25) is 5.02 Å². The van der Waals surface area contributed by atoms with Gasteiger partial charge in [0.2, 0.25) is 10.0 Å². The predicted molar refractivity (Wildman–Crippen MR) is 76.6 cm³/mol. The molecule has 0 aliphatic rings. The predicted octanol–water partition coefficient (Wildman–Crippen LogP) is 1.71. The highest BCUT2D eigenvalue weighted by molar-refractivity contribution is 7.89. The van der Waals surface area contributed by atoms with E-state index in [1.165, 1.54) is 29.6 Å². The number of aliphatic hydroxyl groups excluding tert-OH is 1. The Morgan fingerprint density at radius 3 is 2.58 bits per heavy atom. The van der Waals surface area contributed by atoms with Crippen LogP contribution in [0.3, 0.4) is 0 Å². The lowest BCUT2D eigenvalue weighted by molar-refractivity contribution is 0.281. The molecular formula is C12H19ClN2O3S. The Kier molecular flexibility index (Phi) is 6.06.